The molecular formula is C20H23NO6. The smallest absolute Gasteiger partial charge is 0.329 e. The van der Waals surface area contributed by atoms with Gasteiger partial charge in [-0.2, -0.15) is 0 Å². The molecule has 2 atom stereocenters. The van der Waals surface area contributed by atoms with Crippen molar-refractivity contribution in [1.82, 2.24) is 4.90 Å². The zero-order valence-corrected chi connectivity index (χ0v) is 15.7. The van der Waals surface area contributed by atoms with E-state index in [-0.39, 0.29) is 29.9 Å². The van der Waals surface area contributed by atoms with E-state index in [4.69, 9.17) is 9.47 Å². The van der Waals surface area contributed by atoms with E-state index in [2.05, 4.69) is 0 Å². The Bertz CT molecular complexity index is 759. The summed E-state index contributed by atoms with van der Waals surface area (Å²) in [6, 6.07) is 5.29. The second-order valence-corrected chi connectivity index (χ2v) is 7.82. The van der Waals surface area contributed by atoms with E-state index >= 15 is 0 Å². The summed E-state index contributed by atoms with van der Waals surface area (Å²) in [6.45, 7) is 5.52. The monoisotopic (exact) mass is 373 g/mol. The summed E-state index contributed by atoms with van der Waals surface area (Å²) in [6.07, 6.45) is 0.490. The molecule has 1 saturated heterocycles. The van der Waals surface area contributed by atoms with E-state index in [0.717, 1.165) is 4.90 Å². The molecule has 0 spiro atoms. The largest absolute Gasteiger partial charge is 0.458 e. The van der Waals surface area contributed by atoms with Crippen molar-refractivity contribution in [3.8, 4) is 0 Å². The minimum atomic E-state index is -1.15. The number of imide groups is 1. The number of esters is 1. The molecule has 1 aromatic rings. The summed E-state index contributed by atoms with van der Waals surface area (Å²) in [5, 5.41) is 0. The maximum absolute atomic E-state index is 12.9. The van der Waals surface area contributed by atoms with Crippen molar-refractivity contribution in [2.24, 2.45) is 5.92 Å². The van der Waals surface area contributed by atoms with Gasteiger partial charge in [0.25, 0.3) is 11.8 Å². The number of fused-ring (bicyclic) bond motifs is 1. The Balaban J connectivity index is 1.92. The number of benzene rings is 1. The van der Waals surface area contributed by atoms with Crippen LogP contribution in [0.25, 0.3) is 0 Å². The van der Waals surface area contributed by atoms with Crippen LogP contribution >= 0.6 is 0 Å². The van der Waals surface area contributed by atoms with Crippen LogP contribution < -0.4 is 0 Å². The molecule has 2 amide bonds. The number of carbonyl (C=O) groups is 4. The quantitative estimate of drug-likeness (QED) is 0.592. The Morgan fingerprint density at radius 1 is 1.19 bits per heavy atom. The van der Waals surface area contributed by atoms with Gasteiger partial charge in [0.2, 0.25) is 0 Å². The normalized spacial score (nSPS) is 21.2. The molecule has 0 saturated carbocycles. The third-order valence-corrected chi connectivity index (χ3v) is 4.63. The maximum Gasteiger partial charge on any atom is 0.329 e. The third kappa shape index (κ3) is 3.93. The van der Waals surface area contributed by atoms with E-state index < -0.39 is 35.3 Å². The van der Waals surface area contributed by atoms with Crippen molar-refractivity contribution < 1.29 is 28.7 Å². The summed E-state index contributed by atoms with van der Waals surface area (Å²) < 4.78 is 10.6. The predicted molar refractivity (Wildman–Crippen MR) is 95.1 cm³/mol. The van der Waals surface area contributed by atoms with Crippen LogP contribution in [0.5, 0.6) is 0 Å². The summed E-state index contributed by atoms with van der Waals surface area (Å²) in [7, 11) is 0. The summed E-state index contributed by atoms with van der Waals surface area (Å²) >= 11 is 0. The molecule has 2 aliphatic rings. The molecule has 0 unspecified atom stereocenters. The maximum atomic E-state index is 12.9. The van der Waals surface area contributed by atoms with Crippen molar-refractivity contribution in [1.29, 1.82) is 0 Å². The van der Waals surface area contributed by atoms with Gasteiger partial charge in [-0.25, -0.2) is 4.79 Å². The van der Waals surface area contributed by atoms with Crippen molar-refractivity contribution in [2.45, 2.75) is 45.3 Å². The van der Waals surface area contributed by atoms with Gasteiger partial charge in [0.15, 0.2) is 5.78 Å². The lowest BCUT2D eigenvalue weighted by Crippen LogP contribution is -2.49. The van der Waals surface area contributed by atoms with Crippen molar-refractivity contribution in [3.05, 3.63) is 35.4 Å². The van der Waals surface area contributed by atoms with Crippen LogP contribution in [0.4, 0.5) is 0 Å². The molecule has 2 aliphatic heterocycles. The van der Waals surface area contributed by atoms with E-state index in [1.54, 1.807) is 45.0 Å². The highest BCUT2D eigenvalue weighted by atomic mass is 16.6. The molecule has 0 N–H and O–H groups in total. The Morgan fingerprint density at radius 3 is 2.30 bits per heavy atom. The first kappa shape index (κ1) is 19.2. The Kier molecular flexibility index (Phi) is 5.15. The Morgan fingerprint density at radius 2 is 1.78 bits per heavy atom. The average Bonchev–Trinajstić information content (AvgIpc) is 2.84. The lowest BCUT2D eigenvalue weighted by molar-refractivity contribution is -0.160. The molecule has 144 valence electrons. The lowest BCUT2D eigenvalue weighted by Gasteiger charge is -2.31. The van der Waals surface area contributed by atoms with E-state index in [1.165, 1.54) is 0 Å². The van der Waals surface area contributed by atoms with Crippen LogP contribution in [-0.2, 0) is 19.1 Å². The molecule has 1 aromatic carbocycles. The van der Waals surface area contributed by atoms with Crippen molar-refractivity contribution >= 4 is 23.6 Å². The molecule has 7 nitrogen and oxygen atoms in total. The Hall–Kier alpha value is -2.54. The standard InChI is InChI=1S/C20H23NO6/c1-20(2,3)27-19(25)15(10-12-8-9-26-11-16(12)22)21-17(23)13-6-4-5-7-14(13)18(21)24/h4-7,12,15H,8-11H2,1-3H3/t12-,15-/m0/s1. The second-order valence-electron chi connectivity index (χ2n) is 7.82. The van der Waals surface area contributed by atoms with Crippen molar-refractivity contribution in [2.75, 3.05) is 13.2 Å². The number of hydrogen-bond acceptors (Lipinski definition) is 6. The number of hydrogen-bond donors (Lipinski definition) is 0. The van der Waals surface area contributed by atoms with Gasteiger partial charge in [-0.3, -0.25) is 19.3 Å². The van der Waals surface area contributed by atoms with Gasteiger partial charge in [-0.05, 0) is 45.7 Å². The van der Waals surface area contributed by atoms with Gasteiger partial charge in [0.05, 0.1) is 11.1 Å². The Labute approximate surface area is 157 Å². The SMILES string of the molecule is CC(C)(C)OC(=O)[C@H](C[C@@H]1CCOCC1=O)N1C(=O)c2ccccc2C1=O. The van der Waals surface area contributed by atoms with Gasteiger partial charge < -0.3 is 9.47 Å². The highest BCUT2D eigenvalue weighted by Crippen LogP contribution is 2.30. The molecule has 1 fully saturated rings. The zero-order valence-electron chi connectivity index (χ0n) is 15.7. The zero-order chi connectivity index (χ0) is 19.8. The minimum Gasteiger partial charge on any atom is -0.458 e. The van der Waals surface area contributed by atoms with Gasteiger partial charge >= 0.3 is 5.97 Å². The highest BCUT2D eigenvalue weighted by molar-refractivity contribution is 6.22. The summed E-state index contributed by atoms with van der Waals surface area (Å²) in [4.78, 5) is 51.6. The fourth-order valence-corrected chi connectivity index (χ4v) is 3.36. The molecule has 7 heteroatoms. The van der Waals surface area contributed by atoms with Crippen LogP contribution in [0.1, 0.15) is 54.3 Å². The number of ketones is 1. The van der Waals surface area contributed by atoms with E-state index in [1.807, 2.05) is 0 Å². The number of amides is 2. The van der Waals surface area contributed by atoms with Crippen LogP contribution in [0, 0.1) is 5.92 Å². The number of nitrogens with zero attached hydrogens (tertiary/aromatic N) is 1. The lowest BCUT2D eigenvalue weighted by atomic mass is 9.90. The van der Waals surface area contributed by atoms with E-state index in [0.29, 0.717) is 13.0 Å². The molecule has 0 aromatic heterocycles. The molecule has 0 aliphatic carbocycles. The summed E-state index contributed by atoms with van der Waals surface area (Å²) in [5.41, 5.74) is -0.267. The topological polar surface area (TPSA) is 90.0 Å². The predicted octanol–water partition coefficient (Wildman–Crippen LogP) is 1.99. The first-order valence-electron chi connectivity index (χ1n) is 8.99. The van der Waals surface area contributed by atoms with Gasteiger partial charge in [-0.15, -0.1) is 0 Å². The van der Waals surface area contributed by atoms with Gasteiger partial charge in [-0.1, -0.05) is 12.1 Å². The molecule has 27 heavy (non-hydrogen) atoms. The molecular weight excluding hydrogens is 350 g/mol. The number of carbonyl (C=O) groups excluding carboxylic acids is 4. The first-order valence-corrected chi connectivity index (χ1v) is 8.99. The minimum absolute atomic E-state index is 0.0200. The number of ether oxygens (including phenoxy) is 2. The van der Waals surface area contributed by atoms with Gasteiger partial charge in [0, 0.05) is 12.5 Å². The second kappa shape index (κ2) is 7.23. The molecule has 3 rings (SSSR count). The van der Waals surface area contributed by atoms with Gasteiger partial charge in [0.1, 0.15) is 18.2 Å². The highest BCUT2D eigenvalue weighted by Gasteiger charge is 2.45. The number of Topliss-reactive ketones (excluding diaryl/α,β-unsaturated/α-hetero) is 1. The fraction of sp³-hybridized carbons (Fsp3) is 0.500. The van der Waals surface area contributed by atoms with Crippen LogP contribution in [-0.4, -0.2) is 53.3 Å². The van der Waals surface area contributed by atoms with Crippen molar-refractivity contribution in [3.63, 3.8) is 0 Å². The van der Waals surface area contributed by atoms with Crippen LogP contribution in [0.15, 0.2) is 24.3 Å². The van der Waals surface area contributed by atoms with Crippen LogP contribution in [0.2, 0.25) is 0 Å². The summed E-state index contributed by atoms with van der Waals surface area (Å²) in [5.74, 6) is -2.35. The average molecular weight is 373 g/mol. The third-order valence-electron chi connectivity index (χ3n) is 4.63. The number of rotatable bonds is 4. The molecule has 0 radical (unpaired) electrons. The molecule has 0 bridgehead atoms. The van der Waals surface area contributed by atoms with Crippen LogP contribution in [0.3, 0.4) is 0 Å². The first-order chi connectivity index (χ1) is 12.7. The molecule has 2 heterocycles. The fourth-order valence-electron chi connectivity index (χ4n) is 3.36. The van der Waals surface area contributed by atoms with E-state index in [9.17, 15) is 19.2 Å².